The molecule has 7 heavy (non-hydrogen) atoms. The molecule has 0 spiro atoms. The Bertz CT molecular complexity index is 27.2. The second-order valence-corrected chi connectivity index (χ2v) is 1.80. The van der Waals surface area contributed by atoms with E-state index in [-0.39, 0.29) is 46.8 Å². The third-order valence-electron chi connectivity index (χ3n) is 0. The molecule has 7 heteroatoms. The summed E-state index contributed by atoms with van der Waals surface area (Å²) in [6.45, 7) is 0. The van der Waals surface area contributed by atoms with Crippen molar-refractivity contribution in [1.29, 1.82) is 0 Å². The summed E-state index contributed by atoms with van der Waals surface area (Å²) >= 11 is 0. The van der Waals surface area contributed by atoms with E-state index in [4.69, 9.17) is 19.2 Å². The normalized spacial score (nSPS) is 8.57. The van der Waals surface area contributed by atoms with Gasteiger partial charge in [0.15, 0.2) is 0 Å². The van der Waals surface area contributed by atoms with Gasteiger partial charge in [0.25, 0.3) is 0 Å². The zero-order chi connectivity index (χ0) is 4.50. The van der Waals surface area contributed by atoms with Crippen LogP contribution in [0.15, 0.2) is 0 Å². The molecular weight excluding hydrogens is 270 g/mol. The Morgan fingerprint density at radius 2 is 0.857 bits per heavy atom. The monoisotopic (exact) mass is 274 g/mol. The van der Waals surface area contributed by atoms with E-state index in [0.717, 1.165) is 0 Å². The maximum Gasteiger partial charge on any atom is 0.668 e. The van der Waals surface area contributed by atoms with Crippen LogP contribution in [0.1, 0.15) is 0 Å². The zero-order valence-electron chi connectivity index (χ0n) is 3.70. The molecule has 0 aromatic rings. The SMILES string of the molecule is O[Si](O)(O)O.[Cd].[Zn]. The molecule has 0 rings (SSSR count). The van der Waals surface area contributed by atoms with Crippen LogP contribution in [0.5, 0.6) is 0 Å². The summed E-state index contributed by atoms with van der Waals surface area (Å²) in [6.07, 6.45) is 0. The third-order valence-corrected chi connectivity index (χ3v) is 0. The minimum atomic E-state index is -4.61. The molecule has 0 fully saturated rings. The molecule has 0 aromatic carbocycles. The maximum atomic E-state index is 7.33. The van der Waals surface area contributed by atoms with Gasteiger partial charge in [-0.15, -0.1) is 0 Å². The van der Waals surface area contributed by atoms with Crippen LogP contribution in [0.3, 0.4) is 0 Å². The van der Waals surface area contributed by atoms with E-state index in [2.05, 4.69) is 0 Å². The van der Waals surface area contributed by atoms with Gasteiger partial charge >= 0.3 is 9.05 Å². The molecule has 0 aliphatic rings. The second-order valence-electron chi connectivity index (χ2n) is 0.600. The van der Waals surface area contributed by atoms with Gasteiger partial charge in [0, 0.05) is 46.8 Å². The largest absolute Gasteiger partial charge is 0.668 e. The van der Waals surface area contributed by atoms with Crippen LogP contribution >= 0.6 is 0 Å². The van der Waals surface area contributed by atoms with Gasteiger partial charge in [0.05, 0.1) is 0 Å². The Morgan fingerprint density at radius 3 is 0.857 bits per heavy atom. The molecule has 0 aliphatic carbocycles. The second kappa shape index (κ2) is 5.73. The average Bonchev–Trinajstić information content (AvgIpc) is 0.722. The number of rotatable bonds is 0. The van der Waals surface area contributed by atoms with Gasteiger partial charge in [0.1, 0.15) is 0 Å². The van der Waals surface area contributed by atoms with E-state index in [1.54, 1.807) is 0 Å². The van der Waals surface area contributed by atoms with Crippen molar-refractivity contribution in [3.8, 4) is 0 Å². The Morgan fingerprint density at radius 1 is 0.857 bits per heavy atom. The first-order chi connectivity index (χ1) is 2.00. The summed E-state index contributed by atoms with van der Waals surface area (Å²) in [5.41, 5.74) is 0. The molecule has 0 amide bonds. The number of hydrogen-bond acceptors (Lipinski definition) is 4. The minimum absolute atomic E-state index is 0. The minimum Gasteiger partial charge on any atom is -0.368 e. The standard InChI is InChI=1S/Cd.H4O4Si.Zn/c;1-5(2,3)4;/h;1-4H;. The van der Waals surface area contributed by atoms with Crippen LogP contribution in [0.4, 0.5) is 0 Å². The van der Waals surface area contributed by atoms with Crippen molar-refractivity contribution in [1.82, 2.24) is 0 Å². The smallest absolute Gasteiger partial charge is 0.368 e. The first-order valence-electron chi connectivity index (χ1n) is 0.894. The van der Waals surface area contributed by atoms with Crippen LogP contribution in [0.25, 0.3) is 0 Å². The summed E-state index contributed by atoms with van der Waals surface area (Å²) in [5, 5.41) is 0. The van der Waals surface area contributed by atoms with Crippen LogP contribution < -0.4 is 0 Å². The molecule has 0 bridgehead atoms. The van der Waals surface area contributed by atoms with E-state index in [1.807, 2.05) is 0 Å². The van der Waals surface area contributed by atoms with Crippen molar-refractivity contribution < 1.29 is 66.0 Å². The summed E-state index contributed by atoms with van der Waals surface area (Å²) in [5.74, 6) is 0. The van der Waals surface area contributed by atoms with Crippen LogP contribution in [-0.2, 0) is 46.8 Å². The van der Waals surface area contributed by atoms with Crippen LogP contribution in [0, 0.1) is 0 Å². The van der Waals surface area contributed by atoms with Gasteiger partial charge in [-0.2, -0.15) is 0 Å². The first-order valence-corrected chi connectivity index (χ1v) is 2.68. The number of hydrogen-bond donors (Lipinski definition) is 4. The summed E-state index contributed by atoms with van der Waals surface area (Å²) in [4.78, 5) is 29.3. The van der Waals surface area contributed by atoms with Crippen molar-refractivity contribution in [2.75, 3.05) is 0 Å². The molecule has 0 aliphatic heterocycles. The van der Waals surface area contributed by atoms with E-state index in [9.17, 15) is 0 Å². The Labute approximate surface area is 74.6 Å². The average molecular weight is 274 g/mol. The molecule has 0 atom stereocenters. The Hall–Kier alpha value is 1.60. The van der Waals surface area contributed by atoms with Gasteiger partial charge < -0.3 is 19.2 Å². The van der Waals surface area contributed by atoms with Crippen LogP contribution in [0.2, 0.25) is 0 Å². The molecule has 0 unspecified atom stereocenters. The molecule has 0 saturated carbocycles. The third kappa shape index (κ3) is 92.9. The quantitative estimate of drug-likeness (QED) is 0.365. The fraction of sp³-hybridized carbons (Fsp3) is 0. The van der Waals surface area contributed by atoms with E-state index in [1.165, 1.54) is 0 Å². The fourth-order valence-corrected chi connectivity index (χ4v) is 0. The van der Waals surface area contributed by atoms with Gasteiger partial charge in [-0.05, 0) is 0 Å². The van der Waals surface area contributed by atoms with Gasteiger partial charge in [-0.25, -0.2) is 0 Å². The van der Waals surface area contributed by atoms with Crippen molar-refractivity contribution in [2.45, 2.75) is 0 Å². The topological polar surface area (TPSA) is 80.9 Å². The first kappa shape index (κ1) is 15.8. The fourth-order valence-electron chi connectivity index (χ4n) is 0. The Balaban J connectivity index is -0.0000000800. The van der Waals surface area contributed by atoms with Crippen LogP contribution in [-0.4, -0.2) is 28.2 Å². The van der Waals surface area contributed by atoms with E-state index in [0.29, 0.717) is 0 Å². The van der Waals surface area contributed by atoms with Gasteiger partial charge in [-0.1, -0.05) is 0 Å². The molecule has 4 N–H and O–H groups in total. The molecule has 4 nitrogen and oxygen atoms in total. The summed E-state index contributed by atoms with van der Waals surface area (Å²) < 4.78 is 0. The van der Waals surface area contributed by atoms with Crippen molar-refractivity contribution in [2.24, 2.45) is 0 Å². The molecule has 36 valence electrons. The van der Waals surface area contributed by atoms with Gasteiger partial charge in [0.2, 0.25) is 0 Å². The summed E-state index contributed by atoms with van der Waals surface area (Å²) in [6, 6.07) is 0. The summed E-state index contributed by atoms with van der Waals surface area (Å²) in [7, 11) is -4.61. The molecule has 0 aromatic heterocycles. The molecule has 0 saturated heterocycles. The van der Waals surface area contributed by atoms with Crippen molar-refractivity contribution >= 4 is 9.05 Å². The molecule has 0 radical (unpaired) electrons. The van der Waals surface area contributed by atoms with E-state index >= 15 is 0 Å². The van der Waals surface area contributed by atoms with Crippen molar-refractivity contribution in [3.63, 3.8) is 0 Å². The zero-order valence-corrected chi connectivity index (χ0v) is 11.7. The maximum absolute atomic E-state index is 7.33. The molecular formula is H4CdO4SiZn. The van der Waals surface area contributed by atoms with Gasteiger partial charge in [-0.3, -0.25) is 0 Å². The van der Waals surface area contributed by atoms with E-state index < -0.39 is 9.05 Å². The Kier molecular flexibility index (Phi) is 13.0. The van der Waals surface area contributed by atoms with Crippen molar-refractivity contribution in [3.05, 3.63) is 0 Å². The predicted octanol–water partition coefficient (Wildman–Crippen LogP) is -2.61. The predicted molar refractivity (Wildman–Crippen MR) is 14.6 cm³/mol. The molecule has 0 heterocycles.